The van der Waals surface area contributed by atoms with Gasteiger partial charge in [0.05, 0.1) is 12.3 Å². The van der Waals surface area contributed by atoms with Crippen LogP contribution >= 0.6 is 11.8 Å². The molecule has 1 fully saturated rings. The van der Waals surface area contributed by atoms with Crippen molar-refractivity contribution in [2.24, 2.45) is 7.05 Å². The fourth-order valence-corrected chi connectivity index (χ4v) is 5.30. The number of nitrogen functional groups attached to an aromatic ring is 1. The van der Waals surface area contributed by atoms with Gasteiger partial charge in [-0.3, -0.25) is 18.7 Å². The molecular weight excluding hydrogens is 440 g/mol. The Morgan fingerprint density at radius 3 is 2.52 bits per heavy atom. The van der Waals surface area contributed by atoms with Gasteiger partial charge in [-0.05, 0) is 25.3 Å². The molecule has 3 aromatic rings. The first-order valence-electron chi connectivity index (χ1n) is 11.1. The third-order valence-corrected chi connectivity index (χ3v) is 7.10. The fourth-order valence-electron chi connectivity index (χ4n) is 4.37. The number of nitrogens with zero attached hydrogens (tertiary/aromatic N) is 5. The Bertz CT molecular complexity index is 1270. The molecular formula is C23H28N6O3S. The predicted octanol–water partition coefficient (Wildman–Crippen LogP) is 2.56. The van der Waals surface area contributed by atoms with Crippen LogP contribution in [0, 0.1) is 6.92 Å². The Morgan fingerprint density at radius 1 is 1.12 bits per heavy atom. The molecule has 0 bridgehead atoms. The molecule has 1 aromatic carbocycles. The molecule has 0 atom stereocenters. The SMILES string of the molecule is Cc1nnc(SCC(=O)c2c(N)n(Cc3ccccc3)c(=O)n(C)c2=O)n1C1CCCCC1. The molecule has 0 aliphatic heterocycles. The molecule has 9 nitrogen and oxygen atoms in total. The van der Waals surface area contributed by atoms with E-state index < -0.39 is 17.0 Å². The third-order valence-electron chi connectivity index (χ3n) is 6.15. The van der Waals surface area contributed by atoms with E-state index in [-0.39, 0.29) is 23.7 Å². The summed E-state index contributed by atoms with van der Waals surface area (Å²) in [7, 11) is 1.36. The van der Waals surface area contributed by atoms with Crippen molar-refractivity contribution in [3.05, 3.63) is 68.1 Å². The van der Waals surface area contributed by atoms with Crippen molar-refractivity contribution in [2.45, 2.75) is 56.8 Å². The minimum atomic E-state index is -0.683. The maximum atomic E-state index is 13.1. The highest BCUT2D eigenvalue weighted by Crippen LogP contribution is 2.32. The van der Waals surface area contributed by atoms with Gasteiger partial charge in [0.1, 0.15) is 17.2 Å². The Kier molecular flexibility index (Phi) is 6.83. The maximum Gasteiger partial charge on any atom is 0.332 e. The van der Waals surface area contributed by atoms with E-state index in [1.807, 2.05) is 37.3 Å². The summed E-state index contributed by atoms with van der Waals surface area (Å²) in [6.45, 7) is 2.09. The second kappa shape index (κ2) is 9.78. The maximum absolute atomic E-state index is 13.1. The van der Waals surface area contributed by atoms with Gasteiger partial charge in [0.15, 0.2) is 10.9 Å². The monoisotopic (exact) mass is 468 g/mol. The first-order valence-corrected chi connectivity index (χ1v) is 12.1. The highest BCUT2D eigenvalue weighted by atomic mass is 32.2. The van der Waals surface area contributed by atoms with Gasteiger partial charge in [0.2, 0.25) is 0 Å². The van der Waals surface area contributed by atoms with Crippen LogP contribution in [0.25, 0.3) is 0 Å². The molecule has 0 saturated heterocycles. The van der Waals surface area contributed by atoms with Crippen molar-refractivity contribution in [1.82, 2.24) is 23.9 Å². The van der Waals surface area contributed by atoms with Gasteiger partial charge in [0, 0.05) is 13.1 Å². The zero-order chi connectivity index (χ0) is 23.5. The fraction of sp³-hybridized carbons (Fsp3) is 0.435. The number of aromatic nitrogens is 5. The van der Waals surface area contributed by atoms with Crippen molar-refractivity contribution in [1.29, 1.82) is 0 Å². The molecule has 1 saturated carbocycles. The molecule has 0 spiro atoms. The van der Waals surface area contributed by atoms with Crippen LogP contribution in [-0.2, 0) is 13.6 Å². The van der Waals surface area contributed by atoms with Crippen LogP contribution < -0.4 is 17.0 Å². The molecule has 2 N–H and O–H groups in total. The van der Waals surface area contributed by atoms with Gasteiger partial charge in [-0.25, -0.2) is 4.79 Å². The number of ketones is 1. The second-order valence-electron chi connectivity index (χ2n) is 8.38. The number of thioether (sulfide) groups is 1. The Balaban J connectivity index is 1.60. The van der Waals surface area contributed by atoms with Gasteiger partial charge in [0.25, 0.3) is 5.56 Å². The van der Waals surface area contributed by atoms with Crippen molar-refractivity contribution in [3.63, 3.8) is 0 Å². The van der Waals surface area contributed by atoms with Crippen LogP contribution in [-0.4, -0.2) is 35.4 Å². The lowest BCUT2D eigenvalue weighted by atomic mass is 9.95. The molecule has 4 rings (SSSR count). The number of carbonyl (C=O) groups excluding carboxylic acids is 1. The number of hydrogen-bond acceptors (Lipinski definition) is 7. The van der Waals surface area contributed by atoms with Crippen LogP contribution in [0.15, 0.2) is 45.1 Å². The second-order valence-corrected chi connectivity index (χ2v) is 9.32. The molecule has 0 radical (unpaired) electrons. The summed E-state index contributed by atoms with van der Waals surface area (Å²) in [5.74, 6) is 0.260. The van der Waals surface area contributed by atoms with Crippen LogP contribution in [0.5, 0.6) is 0 Å². The normalized spacial score (nSPS) is 14.5. The van der Waals surface area contributed by atoms with Crippen LogP contribution in [0.3, 0.4) is 0 Å². The number of nitrogens with two attached hydrogens (primary N) is 1. The third kappa shape index (κ3) is 4.66. The first-order chi connectivity index (χ1) is 15.9. The molecule has 174 valence electrons. The molecule has 33 heavy (non-hydrogen) atoms. The van der Waals surface area contributed by atoms with E-state index in [0.717, 1.165) is 28.8 Å². The highest BCUT2D eigenvalue weighted by molar-refractivity contribution is 7.99. The van der Waals surface area contributed by atoms with Gasteiger partial charge >= 0.3 is 5.69 Å². The highest BCUT2D eigenvalue weighted by Gasteiger charge is 2.25. The van der Waals surface area contributed by atoms with Crippen LogP contribution in [0.1, 0.15) is 59.9 Å². The Hall–Kier alpha value is -3.14. The number of aryl methyl sites for hydroxylation is 1. The molecule has 2 aromatic heterocycles. The molecule has 0 unspecified atom stereocenters. The summed E-state index contributed by atoms with van der Waals surface area (Å²) < 4.78 is 4.31. The van der Waals surface area contributed by atoms with Crippen LogP contribution in [0.2, 0.25) is 0 Å². The summed E-state index contributed by atoms with van der Waals surface area (Å²) in [6, 6.07) is 9.62. The summed E-state index contributed by atoms with van der Waals surface area (Å²) >= 11 is 1.25. The van der Waals surface area contributed by atoms with Crippen LogP contribution in [0.4, 0.5) is 5.82 Å². The summed E-state index contributed by atoms with van der Waals surface area (Å²) in [5.41, 5.74) is 5.64. The topological polar surface area (TPSA) is 118 Å². The van der Waals surface area contributed by atoms with E-state index in [2.05, 4.69) is 14.8 Å². The quantitative estimate of drug-likeness (QED) is 0.418. The Labute approximate surface area is 195 Å². The lowest BCUT2D eigenvalue weighted by Crippen LogP contribution is -2.43. The summed E-state index contributed by atoms with van der Waals surface area (Å²) in [4.78, 5) is 38.6. The zero-order valence-corrected chi connectivity index (χ0v) is 19.7. The predicted molar refractivity (Wildman–Crippen MR) is 128 cm³/mol. The average Bonchev–Trinajstić information content (AvgIpc) is 3.20. The van der Waals surface area contributed by atoms with Gasteiger partial charge < -0.3 is 10.3 Å². The molecule has 2 heterocycles. The van der Waals surface area contributed by atoms with E-state index >= 15 is 0 Å². The standard InChI is InChI=1S/C23H28N6O3S/c1-15-25-26-22(29(15)17-11-7-4-8-12-17)33-14-18(30)19-20(24)28(23(32)27(2)21(19)31)13-16-9-5-3-6-10-16/h3,5-6,9-10,17H,4,7-8,11-14,24H2,1-2H3. The van der Waals surface area contributed by atoms with Gasteiger partial charge in [-0.1, -0.05) is 61.4 Å². The lowest BCUT2D eigenvalue weighted by molar-refractivity contribution is 0.102. The van der Waals surface area contributed by atoms with E-state index in [9.17, 15) is 14.4 Å². The Morgan fingerprint density at radius 2 is 1.82 bits per heavy atom. The van der Waals surface area contributed by atoms with Crippen molar-refractivity contribution in [2.75, 3.05) is 11.5 Å². The minimum Gasteiger partial charge on any atom is -0.384 e. The van der Waals surface area contributed by atoms with Crippen molar-refractivity contribution >= 4 is 23.4 Å². The van der Waals surface area contributed by atoms with Crippen molar-refractivity contribution < 1.29 is 4.79 Å². The number of rotatable bonds is 7. The van der Waals surface area contributed by atoms with Gasteiger partial charge in [-0.2, -0.15) is 0 Å². The molecule has 0 amide bonds. The van der Waals surface area contributed by atoms with Gasteiger partial charge in [-0.15, -0.1) is 10.2 Å². The number of Topliss-reactive ketones (excluding diaryl/α,β-unsaturated/α-hetero) is 1. The van der Waals surface area contributed by atoms with Crippen molar-refractivity contribution in [3.8, 4) is 0 Å². The number of carbonyl (C=O) groups is 1. The number of anilines is 1. The molecule has 1 aliphatic carbocycles. The summed E-state index contributed by atoms with van der Waals surface area (Å²) in [5, 5.41) is 9.14. The molecule has 10 heteroatoms. The minimum absolute atomic E-state index is 0.0200. The van der Waals surface area contributed by atoms with E-state index in [0.29, 0.717) is 11.2 Å². The average molecular weight is 469 g/mol. The number of hydrogen-bond donors (Lipinski definition) is 1. The smallest absolute Gasteiger partial charge is 0.332 e. The first kappa shape index (κ1) is 23.0. The summed E-state index contributed by atoms with van der Waals surface area (Å²) in [6.07, 6.45) is 5.71. The number of benzene rings is 1. The lowest BCUT2D eigenvalue weighted by Gasteiger charge is -2.24. The van der Waals surface area contributed by atoms with E-state index in [1.54, 1.807) is 0 Å². The zero-order valence-electron chi connectivity index (χ0n) is 18.9. The van der Waals surface area contributed by atoms with E-state index in [1.165, 1.54) is 42.6 Å². The largest absolute Gasteiger partial charge is 0.384 e. The van der Waals surface area contributed by atoms with E-state index in [4.69, 9.17) is 5.73 Å². The molecule has 1 aliphatic rings.